The summed E-state index contributed by atoms with van der Waals surface area (Å²) in [6.45, 7) is 1.95. The van der Waals surface area contributed by atoms with Gasteiger partial charge in [0.15, 0.2) is 5.16 Å². The third-order valence-electron chi connectivity index (χ3n) is 5.56. The SMILES string of the molecule is C[C@@H](Sc1nnc(C2CC2)n1C1CC1)C(=O)Nc1ccc2c(c1)CCC2. The van der Waals surface area contributed by atoms with E-state index in [2.05, 4.69) is 32.2 Å². The first-order valence-electron chi connectivity index (χ1n) is 9.73. The number of nitrogens with one attached hydrogen (secondary N) is 1. The number of aryl methyl sites for hydroxylation is 2. The average Bonchev–Trinajstić information content (AvgIpc) is 3.56. The highest BCUT2D eigenvalue weighted by Gasteiger charge is 2.37. The highest BCUT2D eigenvalue weighted by Crippen LogP contribution is 2.46. The number of aromatic nitrogens is 3. The van der Waals surface area contributed by atoms with Crippen LogP contribution in [0, 0.1) is 0 Å². The summed E-state index contributed by atoms with van der Waals surface area (Å²) in [5.41, 5.74) is 3.71. The minimum Gasteiger partial charge on any atom is -0.325 e. The highest BCUT2D eigenvalue weighted by molar-refractivity contribution is 8.00. The highest BCUT2D eigenvalue weighted by atomic mass is 32.2. The van der Waals surface area contributed by atoms with Gasteiger partial charge in [-0.05, 0) is 75.1 Å². The molecule has 26 heavy (non-hydrogen) atoms. The molecule has 2 fully saturated rings. The molecule has 0 radical (unpaired) electrons. The lowest BCUT2D eigenvalue weighted by molar-refractivity contribution is -0.115. The number of carbonyl (C=O) groups is 1. The van der Waals surface area contributed by atoms with E-state index in [9.17, 15) is 4.79 Å². The van der Waals surface area contributed by atoms with Crippen LogP contribution in [0.25, 0.3) is 0 Å². The summed E-state index contributed by atoms with van der Waals surface area (Å²) in [7, 11) is 0. The van der Waals surface area contributed by atoms with Crippen LogP contribution >= 0.6 is 11.8 Å². The molecule has 6 heteroatoms. The summed E-state index contributed by atoms with van der Waals surface area (Å²) in [4.78, 5) is 12.7. The molecule has 1 amide bonds. The maximum absolute atomic E-state index is 12.7. The molecular formula is C20H24N4OS. The fourth-order valence-electron chi connectivity index (χ4n) is 3.77. The number of nitrogens with zero attached hydrogens (tertiary/aromatic N) is 3. The third-order valence-corrected chi connectivity index (χ3v) is 6.62. The quantitative estimate of drug-likeness (QED) is 0.780. The molecule has 0 spiro atoms. The third kappa shape index (κ3) is 3.15. The van der Waals surface area contributed by atoms with Crippen LogP contribution in [0.4, 0.5) is 5.69 Å². The van der Waals surface area contributed by atoms with E-state index < -0.39 is 0 Å². The Morgan fingerprint density at radius 1 is 1.19 bits per heavy atom. The van der Waals surface area contributed by atoms with Crippen molar-refractivity contribution in [2.24, 2.45) is 0 Å². The van der Waals surface area contributed by atoms with Crippen LogP contribution in [0.2, 0.25) is 0 Å². The fraction of sp³-hybridized carbons (Fsp3) is 0.550. The van der Waals surface area contributed by atoms with Gasteiger partial charge in [-0.3, -0.25) is 4.79 Å². The zero-order valence-electron chi connectivity index (χ0n) is 15.1. The van der Waals surface area contributed by atoms with Crippen molar-refractivity contribution < 1.29 is 4.79 Å². The van der Waals surface area contributed by atoms with Crippen molar-refractivity contribution in [1.82, 2.24) is 14.8 Å². The largest absolute Gasteiger partial charge is 0.325 e. The number of fused-ring (bicyclic) bond motifs is 1. The first-order valence-corrected chi connectivity index (χ1v) is 10.6. The Bertz CT molecular complexity index is 853. The van der Waals surface area contributed by atoms with Gasteiger partial charge >= 0.3 is 0 Å². The second-order valence-corrected chi connectivity index (χ2v) is 9.11. The van der Waals surface area contributed by atoms with Crippen molar-refractivity contribution in [3.8, 4) is 0 Å². The Hall–Kier alpha value is -1.82. The molecule has 1 N–H and O–H groups in total. The standard InChI is InChI=1S/C20H24N4OS/c1-12(19(25)21-16-8-7-13-3-2-4-15(13)11-16)26-20-23-22-18(14-5-6-14)24(20)17-9-10-17/h7-8,11-12,14,17H,2-6,9-10H2,1H3,(H,21,25)/t12-/m1/s1. The number of thioether (sulfide) groups is 1. The van der Waals surface area contributed by atoms with Gasteiger partial charge in [-0.15, -0.1) is 10.2 Å². The van der Waals surface area contributed by atoms with Crippen molar-refractivity contribution in [3.63, 3.8) is 0 Å². The van der Waals surface area contributed by atoms with E-state index in [-0.39, 0.29) is 11.2 Å². The van der Waals surface area contributed by atoms with Gasteiger partial charge < -0.3 is 9.88 Å². The summed E-state index contributed by atoms with van der Waals surface area (Å²) < 4.78 is 2.31. The van der Waals surface area contributed by atoms with E-state index in [1.165, 1.54) is 55.0 Å². The van der Waals surface area contributed by atoms with Gasteiger partial charge in [-0.2, -0.15) is 0 Å². The molecule has 5 nitrogen and oxygen atoms in total. The molecular weight excluding hydrogens is 344 g/mol. The normalized spacial score (nSPS) is 20.0. The van der Waals surface area contributed by atoms with Crippen LogP contribution in [-0.4, -0.2) is 25.9 Å². The molecule has 2 saturated carbocycles. The first kappa shape index (κ1) is 16.4. The van der Waals surface area contributed by atoms with Gasteiger partial charge in [-0.25, -0.2) is 0 Å². The zero-order valence-corrected chi connectivity index (χ0v) is 15.9. The van der Waals surface area contributed by atoms with Crippen molar-refractivity contribution >= 4 is 23.4 Å². The van der Waals surface area contributed by atoms with Crippen LogP contribution in [0.1, 0.15) is 67.9 Å². The van der Waals surface area contributed by atoms with Crippen LogP contribution < -0.4 is 5.32 Å². The predicted octanol–water partition coefficient (Wildman–Crippen LogP) is 4.10. The van der Waals surface area contributed by atoms with E-state index in [1.807, 2.05) is 13.0 Å². The number of rotatable bonds is 6. The number of carbonyl (C=O) groups excluding carboxylic acids is 1. The van der Waals surface area contributed by atoms with Crippen molar-refractivity contribution in [3.05, 3.63) is 35.2 Å². The van der Waals surface area contributed by atoms with Crippen molar-refractivity contribution in [2.45, 2.75) is 74.2 Å². The topological polar surface area (TPSA) is 59.8 Å². The molecule has 1 atom stereocenters. The molecule has 0 unspecified atom stereocenters. The monoisotopic (exact) mass is 368 g/mol. The van der Waals surface area contributed by atoms with E-state index in [0.717, 1.165) is 29.5 Å². The van der Waals surface area contributed by atoms with E-state index >= 15 is 0 Å². The van der Waals surface area contributed by atoms with Crippen LogP contribution in [0.15, 0.2) is 23.4 Å². The van der Waals surface area contributed by atoms with Gasteiger partial charge in [0.05, 0.1) is 5.25 Å². The second kappa shape index (κ2) is 6.41. The Morgan fingerprint density at radius 3 is 2.77 bits per heavy atom. The predicted molar refractivity (Wildman–Crippen MR) is 103 cm³/mol. The Morgan fingerprint density at radius 2 is 2.00 bits per heavy atom. The van der Waals surface area contributed by atoms with E-state index in [1.54, 1.807) is 0 Å². The lowest BCUT2D eigenvalue weighted by Gasteiger charge is -2.14. The molecule has 1 heterocycles. The molecule has 3 aliphatic carbocycles. The molecule has 1 aromatic carbocycles. The molecule has 3 aliphatic rings. The number of benzene rings is 1. The van der Waals surface area contributed by atoms with Gasteiger partial charge in [-0.1, -0.05) is 17.8 Å². The Labute approximate surface area is 158 Å². The second-order valence-electron chi connectivity index (χ2n) is 7.80. The maximum Gasteiger partial charge on any atom is 0.237 e. The molecule has 2 aromatic rings. The molecule has 0 saturated heterocycles. The lowest BCUT2D eigenvalue weighted by atomic mass is 10.1. The minimum atomic E-state index is -0.197. The number of amides is 1. The fourth-order valence-corrected chi connectivity index (χ4v) is 4.70. The molecule has 0 bridgehead atoms. The lowest BCUT2D eigenvalue weighted by Crippen LogP contribution is -2.23. The first-order chi connectivity index (χ1) is 12.7. The summed E-state index contributed by atoms with van der Waals surface area (Å²) in [6, 6.07) is 6.86. The molecule has 5 rings (SSSR count). The van der Waals surface area contributed by atoms with Crippen molar-refractivity contribution in [2.75, 3.05) is 5.32 Å². The van der Waals surface area contributed by atoms with Gasteiger partial charge in [0, 0.05) is 17.6 Å². The number of hydrogen-bond acceptors (Lipinski definition) is 4. The van der Waals surface area contributed by atoms with Crippen LogP contribution in [0.5, 0.6) is 0 Å². The Balaban J connectivity index is 1.28. The summed E-state index contributed by atoms with van der Waals surface area (Å²) in [5, 5.41) is 12.6. The van der Waals surface area contributed by atoms with Gasteiger partial charge in [0.2, 0.25) is 5.91 Å². The molecule has 1 aromatic heterocycles. The molecule has 0 aliphatic heterocycles. The van der Waals surface area contributed by atoms with Gasteiger partial charge in [0.1, 0.15) is 5.82 Å². The van der Waals surface area contributed by atoms with E-state index in [4.69, 9.17) is 0 Å². The maximum atomic E-state index is 12.7. The molecule has 136 valence electrons. The van der Waals surface area contributed by atoms with Crippen LogP contribution in [-0.2, 0) is 17.6 Å². The Kier molecular flexibility index (Phi) is 4.03. The summed E-state index contributed by atoms with van der Waals surface area (Å²) in [5.74, 6) is 1.76. The zero-order chi connectivity index (χ0) is 17.7. The van der Waals surface area contributed by atoms with Crippen molar-refractivity contribution in [1.29, 1.82) is 0 Å². The average molecular weight is 369 g/mol. The van der Waals surface area contributed by atoms with Crippen LogP contribution in [0.3, 0.4) is 0 Å². The number of hydrogen-bond donors (Lipinski definition) is 1. The summed E-state index contributed by atoms with van der Waals surface area (Å²) in [6.07, 6.45) is 8.38. The smallest absolute Gasteiger partial charge is 0.237 e. The summed E-state index contributed by atoms with van der Waals surface area (Å²) >= 11 is 1.53. The minimum absolute atomic E-state index is 0.0336. The number of anilines is 1. The van der Waals surface area contributed by atoms with Gasteiger partial charge in [0.25, 0.3) is 0 Å². The van der Waals surface area contributed by atoms with E-state index in [0.29, 0.717) is 12.0 Å².